The average molecular weight is 341 g/mol. The summed E-state index contributed by atoms with van der Waals surface area (Å²) in [5.41, 5.74) is 5.65. The van der Waals surface area contributed by atoms with E-state index in [1.807, 2.05) is 12.1 Å². The molecule has 1 aliphatic rings. The lowest BCUT2D eigenvalue weighted by Crippen LogP contribution is -2.43. The topological polar surface area (TPSA) is 32.6 Å². The van der Waals surface area contributed by atoms with Crippen molar-refractivity contribution in [2.75, 3.05) is 26.2 Å². The predicted octanol–water partition coefficient (Wildman–Crippen LogP) is 3.37. The predicted molar refractivity (Wildman–Crippen MR) is 98.5 cm³/mol. The van der Waals surface area contributed by atoms with Gasteiger partial charge in [-0.1, -0.05) is 29.8 Å². The Kier molecular flexibility index (Phi) is 4.27. The Morgan fingerprint density at radius 2 is 1.83 bits per heavy atom. The largest absolute Gasteiger partial charge is 0.314 e. The number of hydrogen-bond acceptors (Lipinski definition) is 3. The van der Waals surface area contributed by atoms with Crippen LogP contribution in [0.5, 0.6) is 0 Å². The molecule has 0 aliphatic carbocycles. The first-order valence-electron chi connectivity index (χ1n) is 8.38. The highest BCUT2D eigenvalue weighted by Crippen LogP contribution is 2.28. The Labute approximate surface area is 147 Å². The van der Waals surface area contributed by atoms with E-state index in [0.29, 0.717) is 0 Å². The number of piperazine rings is 1. The third-order valence-corrected chi connectivity index (χ3v) is 4.89. The monoisotopic (exact) mass is 340 g/mol. The van der Waals surface area contributed by atoms with Gasteiger partial charge in [0.2, 0.25) is 0 Å². The first-order chi connectivity index (χ1) is 11.7. The first-order valence-corrected chi connectivity index (χ1v) is 8.76. The highest BCUT2D eigenvalue weighted by Gasteiger charge is 2.19. The van der Waals surface area contributed by atoms with Crippen LogP contribution >= 0.6 is 11.6 Å². The number of halogens is 1. The normalized spacial score (nSPS) is 15.9. The number of pyridine rings is 1. The lowest BCUT2D eigenvalue weighted by atomic mass is 10.1. The summed E-state index contributed by atoms with van der Waals surface area (Å²) in [4.78, 5) is 7.41. The molecule has 0 bridgehead atoms. The molecule has 1 aromatic carbocycles. The van der Waals surface area contributed by atoms with Crippen LogP contribution in [0.1, 0.15) is 11.4 Å². The fourth-order valence-electron chi connectivity index (χ4n) is 3.39. The van der Waals surface area contributed by atoms with Crippen molar-refractivity contribution in [3.05, 3.63) is 58.9 Å². The van der Waals surface area contributed by atoms with Crippen LogP contribution < -0.4 is 5.32 Å². The lowest BCUT2D eigenvalue weighted by Gasteiger charge is -2.27. The van der Waals surface area contributed by atoms with Crippen molar-refractivity contribution in [3.8, 4) is 11.3 Å². The van der Waals surface area contributed by atoms with Crippen molar-refractivity contribution in [2.24, 2.45) is 0 Å². The molecule has 4 rings (SSSR count). The van der Waals surface area contributed by atoms with E-state index in [1.54, 1.807) is 0 Å². The molecule has 0 saturated carbocycles. The number of fused-ring (bicyclic) bond motifs is 1. The molecule has 0 unspecified atom stereocenters. The van der Waals surface area contributed by atoms with Gasteiger partial charge < -0.3 is 5.32 Å². The number of nitrogens with one attached hydrogen (secondary N) is 1. The molecule has 0 atom stereocenters. The Bertz CT molecular complexity index is 848. The van der Waals surface area contributed by atoms with E-state index in [1.165, 1.54) is 11.4 Å². The highest BCUT2D eigenvalue weighted by molar-refractivity contribution is 6.30. The summed E-state index contributed by atoms with van der Waals surface area (Å²) >= 11 is 6.06. The van der Waals surface area contributed by atoms with E-state index >= 15 is 0 Å². The molecule has 0 amide bonds. The summed E-state index contributed by atoms with van der Waals surface area (Å²) in [5, 5.41) is 4.17. The number of imidazole rings is 1. The second kappa shape index (κ2) is 6.55. The first kappa shape index (κ1) is 15.6. The van der Waals surface area contributed by atoms with Crippen molar-refractivity contribution in [3.63, 3.8) is 0 Å². The Morgan fingerprint density at radius 1 is 1.08 bits per heavy atom. The van der Waals surface area contributed by atoms with E-state index in [0.717, 1.165) is 54.7 Å². The van der Waals surface area contributed by atoms with Gasteiger partial charge in [0.1, 0.15) is 5.65 Å². The Hall–Kier alpha value is -1.88. The summed E-state index contributed by atoms with van der Waals surface area (Å²) in [7, 11) is 0. The van der Waals surface area contributed by atoms with Crippen LogP contribution in [0, 0.1) is 6.92 Å². The van der Waals surface area contributed by atoms with E-state index < -0.39 is 0 Å². The molecule has 1 N–H and O–H groups in total. The lowest BCUT2D eigenvalue weighted by molar-refractivity contribution is 0.230. The maximum Gasteiger partial charge on any atom is 0.137 e. The van der Waals surface area contributed by atoms with Crippen molar-refractivity contribution in [2.45, 2.75) is 13.5 Å². The zero-order valence-corrected chi connectivity index (χ0v) is 14.6. The molecule has 3 aromatic rings. The molecular formula is C19H21ClN4. The Balaban J connectivity index is 1.83. The number of hydrogen-bond donors (Lipinski definition) is 1. The fourth-order valence-corrected chi connectivity index (χ4v) is 3.52. The summed E-state index contributed by atoms with van der Waals surface area (Å²) in [6.45, 7) is 7.28. The van der Waals surface area contributed by atoms with E-state index in [9.17, 15) is 0 Å². The minimum absolute atomic E-state index is 0.752. The van der Waals surface area contributed by atoms with Gasteiger partial charge in [-0.2, -0.15) is 0 Å². The zero-order valence-electron chi connectivity index (χ0n) is 13.8. The van der Waals surface area contributed by atoms with Gasteiger partial charge in [0.25, 0.3) is 0 Å². The summed E-state index contributed by atoms with van der Waals surface area (Å²) < 4.78 is 2.28. The van der Waals surface area contributed by atoms with Crippen molar-refractivity contribution in [1.82, 2.24) is 19.6 Å². The average Bonchev–Trinajstić information content (AvgIpc) is 2.96. The van der Waals surface area contributed by atoms with Crippen LogP contribution in [-0.2, 0) is 6.54 Å². The molecule has 1 saturated heterocycles. The maximum absolute atomic E-state index is 6.06. The highest BCUT2D eigenvalue weighted by atomic mass is 35.5. The van der Waals surface area contributed by atoms with Gasteiger partial charge >= 0.3 is 0 Å². The van der Waals surface area contributed by atoms with Crippen LogP contribution in [-0.4, -0.2) is 40.5 Å². The van der Waals surface area contributed by atoms with Gasteiger partial charge in [0.15, 0.2) is 0 Å². The maximum atomic E-state index is 6.06. The van der Waals surface area contributed by atoms with Crippen molar-refractivity contribution in [1.29, 1.82) is 0 Å². The molecule has 4 nitrogen and oxygen atoms in total. The van der Waals surface area contributed by atoms with Crippen molar-refractivity contribution < 1.29 is 0 Å². The molecule has 1 aliphatic heterocycles. The van der Waals surface area contributed by atoms with E-state index in [2.05, 4.69) is 51.9 Å². The SMILES string of the molecule is Cc1cccc2nc(-c3ccc(Cl)cc3)c(CN3CCNCC3)n12. The van der Waals surface area contributed by atoms with E-state index in [4.69, 9.17) is 16.6 Å². The summed E-state index contributed by atoms with van der Waals surface area (Å²) in [6, 6.07) is 14.3. The van der Waals surface area contributed by atoms with Gasteiger partial charge in [-0.25, -0.2) is 4.98 Å². The molecule has 24 heavy (non-hydrogen) atoms. The second-order valence-electron chi connectivity index (χ2n) is 6.30. The standard InChI is InChI=1S/C19H21ClN4/c1-14-3-2-4-18-22-19(15-5-7-16(20)8-6-15)17(24(14)18)13-23-11-9-21-10-12-23/h2-8,21H,9-13H2,1H3. The molecule has 2 aromatic heterocycles. The van der Waals surface area contributed by atoms with Crippen LogP contribution in [0.15, 0.2) is 42.5 Å². The van der Waals surface area contributed by atoms with Crippen LogP contribution in [0.4, 0.5) is 0 Å². The molecule has 124 valence electrons. The minimum atomic E-state index is 0.752. The molecule has 5 heteroatoms. The minimum Gasteiger partial charge on any atom is -0.314 e. The molecule has 0 spiro atoms. The number of aromatic nitrogens is 2. The number of aryl methyl sites for hydroxylation is 1. The Morgan fingerprint density at radius 3 is 2.58 bits per heavy atom. The smallest absolute Gasteiger partial charge is 0.137 e. The van der Waals surface area contributed by atoms with Crippen molar-refractivity contribution >= 4 is 17.2 Å². The van der Waals surface area contributed by atoms with Gasteiger partial charge in [-0.05, 0) is 31.2 Å². The zero-order chi connectivity index (χ0) is 16.5. The second-order valence-corrected chi connectivity index (χ2v) is 6.74. The summed E-state index contributed by atoms with van der Waals surface area (Å²) in [6.07, 6.45) is 0. The molecule has 0 radical (unpaired) electrons. The molecule has 3 heterocycles. The number of nitrogens with zero attached hydrogens (tertiary/aromatic N) is 3. The van der Waals surface area contributed by atoms with Gasteiger partial charge in [0.05, 0.1) is 11.4 Å². The number of rotatable bonds is 3. The third kappa shape index (κ3) is 2.93. The van der Waals surface area contributed by atoms with Gasteiger partial charge in [0, 0.05) is 49.0 Å². The van der Waals surface area contributed by atoms with Gasteiger partial charge in [-0.15, -0.1) is 0 Å². The van der Waals surface area contributed by atoms with Gasteiger partial charge in [-0.3, -0.25) is 9.30 Å². The fraction of sp³-hybridized carbons (Fsp3) is 0.316. The van der Waals surface area contributed by atoms with Crippen LogP contribution in [0.2, 0.25) is 5.02 Å². The van der Waals surface area contributed by atoms with Crippen LogP contribution in [0.25, 0.3) is 16.9 Å². The van der Waals surface area contributed by atoms with E-state index in [-0.39, 0.29) is 0 Å². The number of benzene rings is 1. The summed E-state index contributed by atoms with van der Waals surface area (Å²) in [5.74, 6) is 0. The van der Waals surface area contributed by atoms with Crippen LogP contribution in [0.3, 0.4) is 0 Å². The quantitative estimate of drug-likeness (QED) is 0.793. The molecular weight excluding hydrogens is 320 g/mol. The third-order valence-electron chi connectivity index (χ3n) is 4.63. The molecule has 1 fully saturated rings.